The van der Waals surface area contributed by atoms with Crippen LogP contribution in [0.25, 0.3) is 0 Å². The van der Waals surface area contributed by atoms with E-state index in [0.717, 1.165) is 32.2 Å². The van der Waals surface area contributed by atoms with Crippen LogP contribution >= 0.6 is 0 Å². The minimum atomic E-state index is -0.110. The van der Waals surface area contributed by atoms with E-state index < -0.39 is 0 Å². The van der Waals surface area contributed by atoms with Crippen LogP contribution < -0.4 is 0 Å². The normalized spacial score (nSPS) is 39.8. The van der Waals surface area contributed by atoms with Crippen LogP contribution in [0.2, 0.25) is 0 Å². The topological polar surface area (TPSA) is 29.5 Å². The number of rotatable bonds is 2. The van der Waals surface area contributed by atoms with Crippen LogP contribution in [0.4, 0.5) is 0 Å². The Morgan fingerprint density at radius 1 is 1.10 bits per heavy atom. The first-order chi connectivity index (χ1) is 9.80. The maximum absolute atomic E-state index is 12.3. The Morgan fingerprint density at radius 2 is 1.86 bits per heavy atom. The van der Waals surface area contributed by atoms with Crippen molar-refractivity contribution in [3.05, 3.63) is 0 Å². The number of nitrogens with zero attached hydrogens (tertiary/aromatic N) is 1. The van der Waals surface area contributed by atoms with Crippen molar-refractivity contribution in [3.8, 4) is 0 Å². The fourth-order valence-electron chi connectivity index (χ4n) is 5.10. The second-order valence-corrected chi connectivity index (χ2v) is 8.45. The first kappa shape index (κ1) is 15.5. The Hall–Kier alpha value is -0.410. The molecule has 3 heteroatoms. The van der Waals surface area contributed by atoms with Crippen molar-refractivity contribution in [1.82, 2.24) is 4.90 Å². The zero-order valence-corrected chi connectivity index (χ0v) is 14.2. The van der Waals surface area contributed by atoms with E-state index in [2.05, 4.69) is 32.6 Å². The fraction of sp³-hybridized carbons (Fsp3) is 0.944. The zero-order valence-electron chi connectivity index (χ0n) is 14.2. The average molecular weight is 293 g/mol. The van der Waals surface area contributed by atoms with Crippen LogP contribution in [0.15, 0.2) is 0 Å². The molecule has 0 aromatic carbocycles. The van der Waals surface area contributed by atoms with Crippen molar-refractivity contribution >= 4 is 5.78 Å². The van der Waals surface area contributed by atoms with Gasteiger partial charge in [-0.1, -0.05) is 6.42 Å². The third-order valence-electron chi connectivity index (χ3n) is 5.84. The molecular formula is C18H31NO2. The number of likely N-dealkylation sites (tertiary alicyclic amines) is 1. The molecular weight excluding hydrogens is 262 g/mol. The number of piperidine rings is 1. The van der Waals surface area contributed by atoms with Gasteiger partial charge < -0.3 is 4.74 Å². The molecule has 3 atom stereocenters. The van der Waals surface area contributed by atoms with E-state index in [0.29, 0.717) is 23.8 Å². The van der Waals surface area contributed by atoms with E-state index in [9.17, 15) is 4.79 Å². The molecule has 0 aromatic heterocycles. The van der Waals surface area contributed by atoms with Gasteiger partial charge in [0.2, 0.25) is 0 Å². The Kier molecular flexibility index (Phi) is 3.94. The standard InChI is InChI=1S/C18H31NO2/c1-17(2)12-16(18(3,4)21-17)19-11-6-5-9-14(19)13-8-7-10-15(13)20/h13-14,16H,5-12H2,1-4H3. The lowest BCUT2D eigenvalue weighted by Gasteiger charge is -2.45. The molecule has 1 aliphatic carbocycles. The minimum Gasteiger partial charge on any atom is -0.368 e. The SMILES string of the molecule is CC1(C)CC(N2CCCCC2C2CCCC2=O)C(C)(C)O1. The monoisotopic (exact) mass is 293 g/mol. The number of ketones is 1. The first-order valence-corrected chi connectivity index (χ1v) is 8.79. The summed E-state index contributed by atoms with van der Waals surface area (Å²) in [5.74, 6) is 0.813. The molecule has 21 heavy (non-hydrogen) atoms. The van der Waals surface area contributed by atoms with Gasteiger partial charge in [-0.05, 0) is 66.3 Å². The highest BCUT2D eigenvalue weighted by Crippen LogP contribution is 2.44. The molecule has 0 aromatic rings. The molecule has 0 radical (unpaired) electrons. The minimum absolute atomic E-state index is 0.0458. The van der Waals surface area contributed by atoms with E-state index in [-0.39, 0.29) is 11.2 Å². The van der Waals surface area contributed by atoms with Gasteiger partial charge in [-0.25, -0.2) is 0 Å². The molecule has 2 heterocycles. The van der Waals surface area contributed by atoms with Crippen molar-refractivity contribution in [3.63, 3.8) is 0 Å². The summed E-state index contributed by atoms with van der Waals surface area (Å²) in [7, 11) is 0. The maximum atomic E-state index is 12.3. The number of Topliss-reactive ketones (excluding diaryl/α,β-unsaturated/α-hetero) is 1. The molecule has 0 bridgehead atoms. The fourth-order valence-corrected chi connectivity index (χ4v) is 5.10. The molecule has 3 aliphatic rings. The van der Waals surface area contributed by atoms with E-state index in [1.165, 1.54) is 19.3 Å². The molecule has 120 valence electrons. The van der Waals surface area contributed by atoms with Gasteiger partial charge in [0.15, 0.2) is 0 Å². The average Bonchev–Trinajstić information content (AvgIpc) is 2.89. The Bertz CT molecular complexity index is 415. The van der Waals surface area contributed by atoms with Gasteiger partial charge in [0.25, 0.3) is 0 Å². The molecule has 3 nitrogen and oxygen atoms in total. The summed E-state index contributed by atoms with van der Waals surface area (Å²) in [6.07, 6.45) is 7.85. The number of carbonyl (C=O) groups excluding carboxylic acids is 1. The summed E-state index contributed by atoms with van der Waals surface area (Å²) < 4.78 is 6.31. The molecule has 3 rings (SSSR count). The quantitative estimate of drug-likeness (QED) is 0.779. The Balaban J connectivity index is 1.82. The smallest absolute Gasteiger partial charge is 0.137 e. The molecule has 0 N–H and O–H groups in total. The number of carbonyl (C=O) groups is 1. The van der Waals surface area contributed by atoms with Gasteiger partial charge in [0, 0.05) is 24.4 Å². The maximum Gasteiger partial charge on any atom is 0.137 e. The molecule has 2 saturated heterocycles. The van der Waals surface area contributed by atoms with Crippen molar-refractivity contribution in [2.24, 2.45) is 5.92 Å². The lowest BCUT2D eigenvalue weighted by atomic mass is 9.83. The third-order valence-corrected chi connectivity index (χ3v) is 5.84. The largest absolute Gasteiger partial charge is 0.368 e. The second kappa shape index (κ2) is 5.34. The van der Waals surface area contributed by atoms with E-state index in [4.69, 9.17) is 4.74 Å². The van der Waals surface area contributed by atoms with Crippen molar-refractivity contribution < 1.29 is 9.53 Å². The van der Waals surface area contributed by atoms with Gasteiger partial charge in [-0.15, -0.1) is 0 Å². The van der Waals surface area contributed by atoms with Crippen LogP contribution in [0.3, 0.4) is 0 Å². The third kappa shape index (κ3) is 2.92. The lowest BCUT2D eigenvalue weighted by Crippen LogP contribution is -2.55. The predicted molar refractivity (Wildman–Crippen MR) is 84.3 cm³/mol. The molecule has 1 saturated carbocycles. The van der Waals surface area contributed by atoms with Crippen molar-refractivity contribution in [2.75, 3.05) is 6.54 Å². The second-order valence-electron chi connectivity index (χ2n) is 8.45. The van der Waals surface area contributed by atoms with E-state index in [1.807, 2.05) is 0 Å². The van der Waals surface area contributed by atoms with Crippen LogP contribution in [-0.2, 0) is 9.53 Å². The molecule has 0 spiro atoms. The molecule has 2 aliphatic heterocycles. The van der Waals surface area contributed by atoms with Crippen LogP contribution in [-0.4, -0.2) is 40.5 Å². The van der Waals surface area contributed by atoms with Crippen LogP contribution in [0, 0.1) is 5.92 Å². The van der Waals surface area contributed by atoms with Gasteiger partial charge in [-0.2, -0.15) is 0 Å². The first-order valence-electron chi connectivity index (χ1n) is 8.79. The van der Waals surface area contributed by atoms with Crippen LogP contribution in [0.1, 0.15) is 72.6 Å². The Morgan fingerprint density at radius 3 is 2.43 bits per heavy atom. The summed E-state index contributed by atoms with van der Waals surface area (Å²) in [4.78, 5) is 14.9. The predicted octanol–water partition coefficient (Wildman–Crippen LogP) is 3.56. The van der Waals surface area contributed by atoms with Crippen LogP contribution in [0.5, 0.6) is 0 Å². The number of ether oxygens (including phenoxy) is 1. The molecule has 0 amide bonds. The summed E-state index contributed by atoms with van der Waals surface area (Å²) in [5.41, 5.74) is -0.156. The number of hydrogen-bond donors (Lipinski definition) is 0. The summed E-state index contributed by atoms with van der Waals surface area (Å²) in [6.45, 7) is 10.0. The summed E-state index contributed by atoms with van der Waals surface area (Å²) >= 11 is 0. The van der Waals surface area contributed by atoms with E-state index in [1.54, 1.807) is 0 Å². The highest BCUT2D eigenvalue weighted by Gasteiger charge is 2.51. The highest BCUT2D eigenvalue weighted by molar-refractivity contribution is 5.83. The Labute approximate surface area is 129 Å². The van der Waals surface area contributed by atoms with Gasteiger partial charge in [0.1, 0.15) is 5.78 Å². The zero-order chi connectivity index (χ0) is 15.3. The number of hydrogen-bond acceptors (Lipinski definition) is 3. The van der Waals surface area contributed by atoms with Crippen molar-refractivity contribution in [1.29, 1.82) is 0 Å². The summed E-state index contributed by atoms with van der Waals surface area (Å²) in [5, 5.41) is 0. The lowest BCUT2D eigenvalue weighted by molar-refractivity contribution is -0.125. The van der Waals surface area contributed by atoms with E-state index >= 15 is 0 Å². The molecule has 3 fully saturated rings. The van der Waals surface area contributed by atoms with Crippen molar-refractivity contribution in [2.45, 2.75) is 95.9 Å². The van der Waals surface area contributed by atoms with Gasteiger partial charge >= 0.3 is 0 Å². The summed E-state index contributed by atoms with van der Waals surface area (Å²) in [6, 6.07) is 0.918. The van der Waals surface area contributed by atoms with Gasteiger partial charge in [0.05, 0.1) is 11.2 Å². The highest BCUT2D eigenvalue weighted by atomic mass is 16.5. The van der Waals surface area contributed by atoms with Gasteiger partial charge in [-0.3, -0.25) is 9.69 Å². The molecule has 3 unspecified atom stereocenters.